The van der Waals surface area contributed by atoms with Crippen molar-refractivity contribution in [3.63, 3.8) is 0 Å². The number of Topliss-reactive ketones (excluding diaryl/α,β-unsaturated/α-hetero) is 1. The molecule has 3 aromatic carbocycles. The number of aliphatic hydroxyl groups is 1. The van der Waals surface area contributed by atoms with Gasteiger partial charge in [0.05, 0.1) is 19.5 Å². The average molecular weight is 524 g/mol. The number of hydrogen-bond acceptors (Lipinski definition) is 7. The van der Waals surface area contributed by atoms with Crippen molar-refractivity contribution < 1.29 is 24.2 Å². The summed E-state index contributed by atoms with van der Waals surface area (Å²) in [5.41, 5.74) is 1.83. The number of benzene rings is 3. The van der Waals surface area contributed by atoms with Crippen LogP contribution in [0.4, 0.5) is 0 Å². The predicted molar refractivity (Wildman–Crippen MR) is 145 cm³/mol. The summed E-state index contributed by atoms with van der Waals surface area (Å²) in [4.78, 5) is 36.2. The van der Waals surface area contributed by atoms with Crippen molar-refractivity contribution in [1.82, 2.24) is 14.9 Å². The van der Waals surface area contributed by atoms with Crippen molar-refractivity contribution in [2.75, 3.05) is 13.7 Å². The van der Waals surface area contributed by atoms with Crippen molar-refractivity contribution in [3.8, 4) is 17.2 Å². The zero-order valence-electron chi connectivity index (χ0n) is 21.6. The van der Waals surface area contributed by atoms with E-state index >= 15 is 0 Å². The molecule has 1 atom stereocenters. The maximum absolute atomic E-state index is 13.4. The van der Waals surface area contributed by atoms with Gasteiger partial charge in [-0.15, -0.1) is 0 Å². The molecule has 1 aliphatic rings. The molecule has 0 saturated heterocycles. The van der Waals surface area contributed by atoms with E-state index in [-0.39, 0.29) is 17.5 Å². The number of methoxy groups -OCH3 is 1. The number of nitrogens with zero attached hydrogens (tertiary/aromatic N) is 3. The largest absolute Gasteiger partial charge is 0.493 e. The van der Waals surface area contributed by atoms with E-state index in [0.29, 0.717) is 47.4 Å². The second-order valence-corrected chi connectivity index (χ2v) is 9.50. The zero-order chi connectivity index (χ0) is 27.2. The van der Waals surface area contributed by atoms with Gasteiger partial charge in [0.15, 0.2) is 23.0 Å². The summed E-state index contributed by atoms with van der Waals surface area (Å²) in [5, 5.41) is 10.6. The van der Waals surface area contributed by atoms with Crippen LogP contribution in [-0.4, -0.2) is 45.3 Å². The van der Waals surface area contributed by atoms with Gasteiger partial charge in [-0.3, -0.25) is 9.59 Å². The lowest BCUT2D eigenvalue weighted by Crippen LogP contribution is -2.33. The van der Waals surface area contributed by atoms with Gasteiger partial charge < -0.3 is 19.5 Å². The Balaban J connectivity index is 1.26. The van der Waals surface area contributed by atoms with Gasteiger partial charge in [-0.1, -0.05) is 66.7 Å². The number of para-hydroxylation sites is 2. The van der Waals surface area contributed by atoms with Crippen LogP contribution in [0.25, 0.3) is 0 Å². The number of rotatable bonds is 11. The summed E-state index contributed by atoms with van der Waals surface area (Å²) in [6.07, 6.45) is 3.87. The summed E-state index contributed by atoms with van der Waals surface area (Å²) in [5.74, 6) is 1.42. The highest BCUT2D eigenvalue weighted by Gasteiger charge is 2.29. The Bertz CT molecular complexity index is 1420. The molecule has 8 heteroatoms. The summed E-state index contributed by atoms with van der Waals surface area (Å²) >= 11 is 0. The van der Waals surface area contributed by atoms with E-state index in [0.717, 1.165) is 18.4 Å². The van der Waals surface area contributed by atoms with Gasteiger partial charge in [-0.2, -0.15) is 0 Å². The van der Waals surface area contributed by atoms with E-state index in [4.69, 9.17) is 9.47 Å². The van der Waals surface area contributed by atoms with Crippen LogP contribution in [0.5, 0.6) is 17.2 Å². The number of hydrogen-bond donors (Lipinski definition) is 1. The SMILES string of the molecule is COc1ccccc1Oc1cnc(C(=O)N(Cc2ccc(C(O)C(=O)c3ccccc3)cc2)CC2CC2)nc1. The molecule has 1 heterocycles. The molecular weight excluding hydrogens is 494 g/mol. The van der Waals surface area contributed by atoms with Gasteiger partial charge in [0.25, 0.3) is 5.91 Å². The maximum Gasteiger partial charge on any atom is 0.291 e. The molecule has 39 heavy (non-hydrogen) atoms. The molecule has 0 bridgehead atoms. The van der Waals surface area contributed by atoms with Crippen LogP contribution in [0.3, 0.4) is 0 Å². The predicted octanol–water partition coefficient (Wildman–Crippen LogP) is 5.25. The first-order chi connectivity index (χ1) is 19.0. The summed E-state index contributed by atoms with van der Waals surface area (Å²) in [7, 11) is 1.56. The lowest BCUT2D eigenvalue weighted by Gasteiger charge is -2.22. The molecular formula is C31H29N3O5. The molecule has 5 rings (SSSR count). The van der Waals surface area contributed by atoms with Crippen molar-refractivity contribution >= 4 is 11.7 Å². The number of ketones is 1. The monoisotopic (exact) mass is 523 g/mol. The molecule has 1 saturated carbocycles. The number of carbonyl (C=O) groups is 2. The Hall–Kier alpha value is -4.56. The first-order valence-electron chi connectivity index (χ1n) is 12.8. The topological polar surface area (TPSA) is 102 Å². The normalized spacial score (nSPS) is 13.4. The number of amides is 1. The van der Waals surface area contributed by atoms with Crippen LogP contribution in [0.15, 0.2) is 91.3 Å². The van der Waals surface area contributed by atoms with E-state index in [1.54, 1.807) is 60.5 Å². The van der Waals surface area contributed by atoms with Crippen molar-refractivity contribution in [2.45, 2.75) is 25.5 Å². The van der Waals surface area contributed by atoms with Gasteiger partial charge >= 0.3 is 0 Å². The molecule has 4 aromatic rings. The Morgan fingerprint density at radius 1 is 0.923 bits per heavy atom. The molecule has 1 aromatic heterocycles. The van der Waals surface area contributed by atoms with Crippen LogP contribution in [0.2, 0.25) is 0 Å². The van der Waals surface area contributed by atoms with Gasteiger partial charge in [0, 0.05) is 18.7 Å². The Morgan fingerprint density at radius 2 is 1.56 bits per heavy atom. The van der Waals surface area contributed by atoms with Crippen molar-refractivity contribution in [2.24, 2.45) is 5.92 Å². The molecule has 1 N–H and O–H groups in total. The molecule has 1 unspecified atom stereocenters. The van der Waals surface area contributed by atoms with Crippen LogP contribution in [0, 0.1) is 5.92 Å². The third kappa shape index (κ3) is 6.48. The zero-order valence-corrected chi connectivity index (χ0v) is 21.6. The highest BCUT2D eigenvalue weighted by molar-refractivity contribution is 5.99. The Labute approximate surface area is 226 Å². The van der Waals surface area contributed by atoms with E-state index in [9.17, 15) is 14.7 Å². The molecule has 1 fully saturated rings. The molecule has 8 nitrogen and oxygen atoms in total. The lowest BCUT2D eigenvalue weighted by molar-refractivity contribution is 0.0722. The fourth-order valence-corrected chi connectivity index (χ4v) is 4.22. The number of aromatic nitrogens is 2. The van der Waals surface area contributed by atoms with Gasteiger partial charge in [-0.25, -0.2) is 9.97 Å². The highest BCUT2D eigenvalue weighted by Crippen LogP contribution is 2.32. The second-order valence-electron chi connectivity index (χ2n) is 9.50. The number of carbonyl (C=O) groups excluding carboxylic acids is 2. The maximum atomic E-state index is 13.4. The lowest BCUT2D eigenvalue weighted by atomic mass is 9.99. The average Bonchev–Trinajstić information content (AvgIpc) is 3.81. The van der Waals surface area contributed by atoms with E-state index in [2.05, 4.69) is 9.97 Å². The third-order valence-corrected chi connectivity index (χ3v) is 6.55. The minimum atomic E-state index is -1.25. The molecule has 1 aliphatic carbocycles. The fourth-order valence-electron chi connectivity index (χ4n) is 4.22. The van der Waals surface area contributed by atoms with Crippen molar-refractivity contribution in [3.05, 3.63) is 114 Å². The Kier molecular flexibility index (Phi) is 7.94. The van der Waals surface area contributed by atoms with Crippen molar-refractivity contribution in [1.29, 1.82) is 0 Å². The fraction of sp³-hybridized carbons (Fsp3) is 0.226. The van der Waals surface area contributed by atoms with Crippen LogP contribution < -0.4 is 9.47 Å². The summed E-state index contributed by atoms with van der Waals surface area (Å²) in [6, 6.07) is 23.1. The van der Waals surface area contributed by atoms with Crippen LogP contribution in [0.1, 0.15) is 51.0 Å². The van der Waals surface area contributed by atoms with E-state index < -0.39 is 6.10 Å². The first-order valence-corrected chi connectivity index (χ1v) is 12.8. The molecule has 0 radical (unpaired) electrons. The van der Waals surface area contributed by atoms with Gasteiger partial charge in [0.1, 0.15) is 6.10 Å². The quantitative estimate of drug-likeness (QED) is 0.268. The van der Waals surface area contributed by atoms with Gasteiger partial charge in [0.2, 0.25) is 5.82 Å². The molecule has 0 spiro atoms. The second kappa shape index (κ2) is 11.9. The summed E-state index contributed by atoms with van der Waals surface area (Å²) in [6.45, 7) is 0.972. The number of ether oxygens (including phenoxy) is 2. The van der Waals surface area contributed by atoms with Gasteiger partial charge in [-0.05, 0) is 42.0 Å². The minimum Gasteiger partial charge on any atom is -0.493 e. The first kappa shape index (κ1) is 26.1. The smallest absolute Gasteiger partial charge is 0.291 e. The standard InChI is InChI=1S/C31H29N3O5/c1-38-26-9-5-6-10-27(26)39-25-17-32-30(33-18-25)31(37)34(19-21-11-12-21)20-22-13-15-24(16-14-22)29(36)28(35)23-7-3-2-4-8-23/h2-10,13-18,21,29,36H,11-12,19-20H2,1H3. The molecule has 1 amide bonds. The molecule has 198 valence electrons. The minimum absolute atomic E-state index is 0.0866. The third-order valence-electron chi connectivity index (χ3n) is 6.55. The highest BCUT2D eigenvalue weighted by atomic mass is 16.5. The van der Waals surface area contributed by atoms with E-state index in [1.807, 2.05) is 30.3 Å². The molecule has 0 aliphatic heterocycles. The summed E-state index contributed by atoms with van der Waals surface area (Å²) < 4.78 is 11.1. The number of aliphatic hydroxyl groups excluding tert-OH is 1. The van der Waals surface area contributed by atoms with Crippen LogP contribution in [-0.2, 0) is 6.54 Å². The van der Waals surface area contributed by atoms with Crippen LogP contribution >= 0.6 is 0 Å². The Morgan fingerprint density at radius 3 is 2.21 bits per heavy atom. The van der Waals surface area contributed by atoms with E-state index in [1.165, 1.54) is 12.4 Å².